The van der Waals surface area contributed by atoms with Crippen molar-refractivity contribution in [1.29, 1.82) is 0 Å². The maximum absolute atomic E-state index is 12.1. The molecule has 0 spiro atoms. The van der Waals surface area contributed by atoms with Gasteiger partial charge in [-0.3, -0.25) is 4.79 Å². The minimum atomic E-state index is -0.0592. The first kappa shape index (κ1) is 16.4. The number of hydrogen-bond acceptors (Lipinski definition) is 2. The predicted octanol–water partition coefficient (Wildman–Crippen LogP) is 4.62. The Labute approximate surface area is 136 Å². The lowest BCUT2D eigenvalue weighted by Gasteiger charge is -2.13. The Kier molecular flexibility index (Phi) is 5.84. The average Bonchev–Trinajstić information content (AvgIpc) is 2.51. The van der Waals surface area contributed by atoms with Crippen LogP contribution in [0.1, 0.15) is 24.5 Å². The maximum Gasteiger partial charge on any atom is 0.227 e. The highest BCUT2D eigenvalue weighted by Crippen LogP contribution is 2.24. The molecule has 4 heteroatoms. The van der Waals surface area contributed by atoms with Crippen LogP contribution in [0.5, 0.6) is 5.75 Å². The van der Waals surface area contributed by atoms with Crippen LogP contribution < -0.4 is 10.1 Å². The molecule has 0 unspecified atom stereocenters. The molecule has 0 bridgehead atoms. The molecule has 0 saturated heterocycles. The largest absolute Gasteiger partial charge is 0.491 e. The van der Waals surface area contributed by atoms with Gasteiger partial charge in [-0.2, -0.15) is 0 Å². The molecule has 0 aromatic heterocycles. The van der Waals surface area contributed by atoms with Crippen molar-refractivity contribution >= 4 is 23.2 Å². The van der Waals surface area contributed by atoms with Crippen molar-refractivity contribution < 1.29 is 9.53 Å². The van der Waals surface area contributed by atoms with Gasteiger partial charge >= 0.3 is 0 Å². The zero-order valence-electron chi connectivity index (χ0n) is 12.9. The Balaban J connectivity index is 1.90. The summed E-state index contributed by atoms with van der Waals surface area (Å²) in [5, 5.41) is 3.53. The second-order valence-corrected chi connectivity index (χ2v) is 5.45. The molecule has 0 radical (unpaired) electrons. The number of para-hydroxylation sites is 2. The summed E-state index contributed by atoms with van der Waals surface area (Å²) in [6, 6.07) is 13.3. The monoisotopic (exact) mass is 317 g/mol. The third kappa shape index (κ3) is 4.25. The second kappa shape index (κ2) is 7.85. The van der Waals surface area contributed by atoms with Crippen molar-refractivity contribution in [3.8, 4) is 5.75 Å². The van der Waals surface area contributed by atoms with E-state index < -0.39 is 0 Å². The molecule has 3 nitrogen and oxygen atoms in total. The molecule has 0 atom stereocenters. The number of rotatable bonds is 6. The van der Waals surface area contributed by atoms with Crippen LogP contribution in [0.4, 0.5) is 5.69 Å². The van der Waals surface area contributed by atoms with E-state index >= 15 is 0 Å². The Morgan fingerprint density at radius 3 is 2.68 bits per heavy atom. The number of aryl methyl sites for hydroxylation is 2. The third-order valence-corrected chi connectivity index (χ3v) is 3.74. The summed E-state index contributed by atoms with van der Waals surface area (Å²) in [4.78, 5) is 12.1. The van der Waals surface area contributed by atoms with Crippen molar-refractivity contribution in [1.82, 2.24) is 0 Å². The summed E-state index contributed by atoms with van der Waals surface area (Å²) < 4.78 is 5.54. The SMILES string of the molecule is CCc1cccc(C)c1NC(=O)CCOc1ccccc1Cl. The first-order chi connectivity index (χ1) is 10.6. The van der Waals surface area contributed by atoms with Gasteiger partial charge in [0.2, 0.25) is 5.91 Å². The van der Waals surface area contributed by atoms with Gasteiger partial charge in [0.15, 0.2) is 0 Å². The predicted molar refractivity (Wildman–Crippen MR) is 90.8 cm³/mol. The van der Waals surface area contributed by atoms with Crippen LogP contribution in [0, 0.1) is 6.92 Å². The summed E-state index contributed by atoms with van der Waals surface area (Å²) >= 11 is 6.00. The van der Waals surface area contributed by atoms with Crippen molar-refractivity contribution in [2.45, 2.75) is 26.7 Å². The van der Waals surface area contributed by atoms with Gasteiger partial charge in [-0.25, -0.2) is 0 Å². The summed E-state index contributed by atoms with van der Waals surface area (Å²) in [6.07, 6.45) is 1.16. The van der Waals surface area contributed by atoms with Crippen LogP contribution in [0.2, 0.25) is 5.02 Å². The van der Waals surface area contributed by atoms with E-state index in [-0.39, 0.29) is 12.3 Å². The number of carbonyl (C=O) groups excluding carboxylic acids is 1. The van der Waals surface area contributed by atoms with Crippen LogP contribution in [0.15, 0.2) is 42.5 Å². The zero-order chi connectivity index (χ0) is 15.9. The number of nitrogens with one attached hydrogen (secondary N) is 1. The van der Waals surface area contributed by atoms with Crippen molar-refractivity contribution in [3.05, 3.63) is 58.6 Å². The minimum absolute atomic E-state index is 0.0592. The first-order valence-corrected chi connectivity index (χ1v) is 7.75. The second-order valence-electron chi connectivity index (χ2n) is 5.04. The Morgan fingerprint density at radius 2 is 1.95 bits per heavy atom. The van der Waals surface area contributed by atoms with E-state index in [1.807, 2.05) is 37.3 Å². The van der Waals surface area contributed by atoms with E-state index in [9.17, 15) is 4.79 Å². The van der Waals surface area contributed by atoms with E-state index in [4.69, 9.17) is 16.3 Å². The van der Waals surface area contributed by atoms with E-state index in [0.717, 1.165) is 23.2 Å². The quantitative estimate of drug-likeness (QED) is 0.844. The van der Waals surface area contributed by atoms with E-state index in [2.05, 4.69) is 12.2 Å². The van der Waals surface area contributed by atoms with E-state index in [1.165, 1.54) is 0 Å². The molecule has 1 N–H and O–H groups in total. The van der Waals surface area contributed by atoms with Crippen LogP contribution in [0.3, 0.4) is 0 Å². The maximum atomic E-state index is 12.1. The lowest BCUT2D eigenvalue weighted by Crippen LogP contribution is -2.17. The number of benzene rings is 2. The number of halogens is 1. The molecule has 0 heterocycles. The molecule has 0 saturated carbocycles. The fraction of sp³-hybridized carbons (Fsp3) is 0.278. The van der Waals surface area contributed by atoms with Gasteiger partial charge in [-0.15, -0.1) is 0 Å². The van der Waals surface area contributed by atoms with Crippen LogP contribution >= 0.6 is 11.6 Å². The molecule has 0 aliphatic rings. The topological polar surface area (TPSA) is 38.3 Å². The molecule has 2 aromatic carbocycles. The van der Waals surface area contributed by atoms with Crippen LogP contribution in [-0.4, -0.2) is 12.5 Å². The molecule has 0 aliphatic heterocycles. The van der Waals surface area contributed by atoms with E-state index in [0.29, 0.717) is 17.4 Å². The number of hydrogen-bond donors (Lipinski definition) is 1. The van der Waals surface area contributed by atoms with Gasteiger partial charge < -0.3 is 10.1 Å². The molecule has 2 rings (SSSR count). The van der Waals surface area contributed by atoms with Crippen molar-refractivity contribution in [3.63, 3.8) is 0 Å². The highest BCUT2D eigenvalue weighted by atomic mass is 35.5. The smallest absolute Gasteiger partial charge is 0.227 e. The highest BCUT2D eigenvalue weighted by molar-refractivity contribution is 6.32. The molecule has 116 valence electrons. The normalized spacial score (nSPS) is 10.3. The number of ether oxygens (including phenoxy) is 1. The van der Waals surface area contributed by atoms with Gasteiger partial charge in [0.1, 0.15) is 5.75 Å². The van der Waals surface area contributed by atoms with Gasteiger partial charge in [0.25, 0.3) is 0 Å². The standard InChI is InChI=1S/C18H20ClNO2/c1-3-14-8-6-7-13(2)18(14)20-17(21)11-12-22-16-10-5-4-9-15(16)19/h4-10H,3,11-12H2,1-2H3,(H,20,21). The van der Waals surface area contributed by atoms with Gasteiger partial charge in [0.05, 0.1) is 18.1 Å². The lowest BCUT2D eigenvalue weighted by molar-refractivity contribution is -0.116. The Morgan fingerprint density at radius 1 is 1.18 bits per heavy atom. The molecule has 0 aliphatic carbocycles. The van der Waals surface area contributed by atoms with Gasteiger partial charge in [-0.1, -0.05) is 48.9 Å². The summed E-state index contributed by atoms with van der Waals surface area (Å²) in [6.45, 7) is 4.36. The molecule has 1 amide bonds. The number of carbonyl (C=O) groups is 1. The molecule has 2 aromatic rings. The first-order valence-electron chi connectivity index (χ1n) is 7.37. The lowest BCUT2D eigenvalue weighted by atomic mass is 10.1. The van der Waals surface area contributed by atoms with Gasteiger partial charge in [0, 0.05) is 5.69 Å². The molecular weight excluding hydrogens is 298 g/mol. The zero-order valence-corrected chi connectivity index (χ0v) is 13.6. The minimum Gasteiger partial charge on any atom is -0.491 e. The van der Waals surface area contributed by atoms with Crippen LogP contribution in [0.25, 0.3) is 0 Å². The Bertz CT molecular complexity index is 655. The fourth-order valence-electron chi connectivity index (χ4n) is 2.22. The van der Waals surface area contributed by atoms with Crippen LogP contribution in [-0.2, 0) is 11.2 Å². The highest BCUT2D eigenvalue weighted by Gasteiger charge is 2.09. The summed E-state index contributed by atoms with van der Waals surface area (Å²) in [5.74, 6) is 0.540. The molecular formula is C18H20ClNO2. The number of amides is 1. The number of anilines is 1. The Hall–Kier alpha value is -2.00. The van der Waals surface area contributed by atoms with Crippen molar-refractivity contribution in [2.24, 2.45) is 0 Å². The fourth-order valence-corrected chi connectivity index (χ4v) is 2.41. The van der Waals surface area contributed by atoms with Crippen molar-refractivity contribution in [2.75, 3.05) is 11.9 Å². The third-order valence-electron chi connectivity index (χ3n) is 3.43. The molecule has 22 heavy (non-hydrogen) atoms. The molecule has 0 fully saturated rings. The summed E-state index contributed by atoms with van der Waals surface area (Å²) in [7, 11) is 0. The van der Waals surface area contributed by atoms with Gasteiger partial charge in [-0.05, 0) is 36.6 Å². The average molecular weight is 318 g/mol. The summed E-state index contributed by atoms with van der Waals surface area (Å²) in [5.41, 5.74) is 3.12. The van der Waals surface area contributed by atoms with E-state index in [1.54, 1.807) is 12.1 Å².